The second-order valence-electron chi connectivity index (χ2n) is 5.07. The van der Waals surface area contributed by atoms with Gasteiger partial charge in [-0.05, 0) is 30.3 Å². The molecule has 2 heterocycles. The van der Waals surface area contributed by atoms with Gasteiger partial charge in [0.05, 0.1) is 16.7 Å². The van der Waals surface area contributed by atoms with Gasteiger partial charge in [-0.1, -0.05) is 6.07 Å². The molecule has 0 fully saturated rings. The predicted octanol–water partition coefficient (Wildman–Crippen LogP) is 2.93. The van der Waals surface area contributed by atoms with Crippen LogP contribution in [0.1, 0.15) is 10.4 Å². The molecule has 2 aromatic heterocycles. The monoisotopic (exact) mass is 276 g/mol. The van der Waals surface area contributed by atoms with E-state index in [0.29, 0.717) is 5.56 Å². The van der Waals surface area contributed by atoms with Crippen LogP contribution in [0.5, 0.6) is 0 Å². The Morgan fingerprint density at radius 2 is 2.10 bits per heavy atom. The van der Waals surface area contributed by atoms with Crippen molar-refractivity contribution in [2.45, 2.75) is 0 Å². The van der Waals surface area contributed by atoms with Crippen LogP contribution in [0, 0.1) is 0 Å². The first kappa shape index (κ1) is 11.8. The summed E-state index contributed by atoms with van der Waals surface area (Å²) >= 11 is 0. The zero-order valence-electron chi connectivity index (χ0n) is 11.4. The molecule has 0 saturated heterocycles. The molecule has 4 rings (SSSR count). The molecule has 2 aromatic carbocycles. The van der Waals surface area contributed by atoms with Gasteiger partial charge in [0.1, 0.15) is 6.29 Å². The molecule has 4 aromatic rings. The van der Waals surface area contributed by atoms with Crippen molar-refractivity contribution in [1.29, 1.82) is 0 Å². The maximum atomic E-state index is 11.0. The molecule has 0 bridgehead atoms. The Hall–Kier alpha value is -2.95. The molecular weight excluding hydrogens is 264 g/mol. The summed E-state index contributed by atoms with van der Waals surface area (Å²) in [4.78, 5) is 11.0. The highest BCUT2D eigenvalue weighted by Gasteiger charge is 2.10. The lowest BCUT2D eigenvalue weighted by Gasteiger charge is -1.99. The van der Waals surface area contributed by atoms with Gasteiger partial charge < -0.3 is 0 Å². The highest BCUT2D eigenvalue weighted by molar-refractivity contribution is 5.97. The Bertz CT molecular complexity index is 980. The van der Waals surface area contributed by atoms with Crippen molar-refractivity contribution in [3.8, 4) is 11.3 Å². The van der Waals surface area contributed by atoms with Gasteiger partial charge in [0.15, 0.2) is 0 Å². The molecule has 0 radical (unpaired) electrons. The molecule has 0 amide bonds. The highest BCUT2D eigenvalue weighted by atomic mass is 16.1. The zero-order valence-corrected chi connectivity index (χ0v) is 11.4. The maximum absolute atomic E-state index is 11.0. The lowest BCUT2D eigenvalue weighted by Crippen LogP contribution is -1.84. The van der Waals surface area contributed by atoms with Crippen molar-refractivity contribution >= 4 is 28.1 Å². The Morgan fingerprint density at radius 3 is 2.95 bits per heavy atom. The van der Waals surface area contributed by atoms with Crippen LogP contribution in [0.4, 0.5) is 0 Å². The van der Waals surface area contributed by atoms with Crippen molar-refractivity contribution in [3.05, 3.63) is 48.2 Å². The SMILES string of the molecule is Cn1cc2cc(-c3n[nH]c4ccc(C=O)cc34)ccc2n1. The summed E-state index contributed by atoms with van der Waals surface area (Å²) in [5.74, 6) is 0. The third kappa shape index (κ3) is 1.82. The molecule has 21 heavy (non-hydrogen) atoms. The van der Waals surface area contributed by atoms with Gasteiger partial charge in [0.2, 0.25) is 0 Å². The van der Waals surface area contributed by atoms with E-state index in [9.17, 15) is 4.79 Å². The second-order valence-corrected chi connectivity index (χ2v) is 5.07. The van der Waals surface area contributed by atoms with Crippen molar-refractivity contribution in [1.82, 2.24) is 20.0 Å². The lowest BCUT2D eigenvalue weighted by molar-refractivity contribution is 0.112. The minimum absolute atomic E-state index is 0.646. The summed E-state index contributed by atoms with van der Waals surface area (Å²) in [6.07, 6.45) is 2.82. The summed E-state index contributed by atoms with van der Waals surface area (Å²) < 4.78 is 1.79. The molecule has 5 heteroatoms. The Labute approximate surface area is 120 Å². The number of aryl methyl sites for hydroxylation is 1. The molecule has 0 atom stereocenters. The quantitative estimate of drug-likeness (QED) is 0.572. The topological polar surface area (TPSA) is 63.6 Å². The van der Waals surface area contributed by atoms with Gasteiger partial charge in [-0.25, -0.2) is 0 Å². The van der Waals surface area contributed by atoms with Crippen LogP contribution < -0.4 is 0 Å². The van der Waals surface area contributed by atoms with Crippen molar-refractivity contribution in [2.24, 2.45) is 7.05 Å². The van der Waals surface area contributed by atoms with Crippen molar-refractivity contribution < 1.29 is 4.79 Å². The van der Waals surface area contributed by atoms with Gasteiger partial charge in [-0.3, -0.25) is 14.6 Å². The number of nitrogens with one attached hydrogen (secondary N) is 1. The number of rotatable bonds is 2. The summed E-state index contributed by atoms with van der Waals surface area (Å²) in [5.41, 5.74) is 4.37. The van der Waals surface area contributed by atoms with E-state index in [1.807, 2.05) is 37.5 Å². The van der Waals surface area contributed by atoms with E-state index < -0.39 is 0 Å². The van der Waals surface area contributed by atoms with Crippen LogP contribution in [0.3, 0.4) is 0 Å². The third-order valence-corrected chi connectivity index (χ3v) is 3.62. The van der Waals surface area contributed by atoms with E-state index in [2.05, 4.69) is 21.4 Å². The largest absolute Gasteiger partial charge is 0.298 e. The van der Waals surface area contributed by atoms with E-state index in [1.165, 1.54) is 0 Å². The number of aromatic nitrogens is 4. The highest BCUT2D eigenvalue weighted by Crippen LogP contribution is 2.28. The fourth-order valence-corrected chi connectivity index (χ4v) is 2.62. The molecule has 0 aliphatic heterocycles. The lowest BCUT2D eigenvalue weighted by atomic mass is 10.0. The van der Waals surface area contributed by atoms with E-state index in [4.69, 9.17) is 0 Å². The number of fused-ring (bicyclic) bond motifs is 2. The number of aromatic amines is 1. The van der Waals surface area contributed by atoms with Crippen LogP contribution in [0.2, 0.25) is 0 Å². The molecule has 102 valence electrons. The number of hydrogen-bond donors (Lipinski definition) is 1. The molecule has 0 aliphatic rings. The summed E-state index contributed by atoms with van der Waals surface area (Å²) in [5, 5.41) is 13.8. The van der Waals surface area contributed by atoms with Crippen LogP contribution in [0.15, 0.2) is 42.6 Å². The predicted molar refractivity (Wildman–Crippen MR) is 81.2 cm³/mol. The summed E-state index contributed by atoms with van der Waals surface area (Å²) in [6, 6.07) is 11.5. The number of aldehydes is 1. The fourth-order valence-electron chi connectivity index (χ4n) is 2.62. The standard InChI is InChI=1S/C16H12N4O/c1-20-8-12-7-11(3-5-14(12)19-20)16-13-6-10(9-21)2-4-15(13)17-18-16/h2-9H,1H3,(H,17,18). The van der Waals surface area contributed by atoms with Crippen LogP contribution in [0.25, 0.3) is 33.1 Å². The molecule has 0 aliphatic carbocycles. The molecule has 0 unspecified atom stereocenters. The summed E-state index contributed by atoms with van der Waals surface area (Å²) in [7, 11) is 1.90. The second kappa shape index (κ2) is 4.28. The number of carbonyl (C=O) groups is 1. The maximum Gasteiger partial charge on any atom is 0.150 e. The van der Waals surface area contributed by atoms with E-state index in [0.717, 1.165) is 39.3 Å². The van der Waals surface area contributed by atoms with Crippen molar-refractivity contribution in [3.63, 3.8) is 0 Å². The van der Waals surface area contributed by atoms with Crippen LogP contribution in [-0.2, 0) is 7.05 Å². The number of nitrogens with zero attached hydrogens (tertiary/aromatic N) is 3. The molecule has 0 spiro atoms. The molecule has 1 N–H and O–H groups in total. The van der Waals surface area contributed by atoms with E-state index >= 15 is 0 Å². The van der Waals surface area contributed by atoms with Gasteiger partial charge in [-0.15, -0.1) is 0 Å². The molecule has 0 saturated carbocycles. The van der Waals surface area contributed by atoms with E-state index in [-0.39, 0.29) is 0 Å². The first-order chi connectivity index (χ1) is 10.2. The minimum Gasteiger partial charge on any atom is -0.298 e. The average molecular weight is 276 g/mol. The average Bonchev–Trinajstić information content (AvgIpc) is 3.07. The van der Waals surface area contributed by atoms with Crippen LogP contribution in [-0.4, -0.2) is 26.3 Å². The first-order valence-electron chi connectivity index (χ1n) is 6.62. The van der Waals surface area contributed by atoms with E-state index in [1.54, 1.807) is 10.7 Å². The minimum atomic E-state index is 0.646. The Balaban J connectivity index is 1.96. The molecular formula is C16H12N4O. The smallest absolute Gasteiger partial charge is 0.150 e. The number of benzene rings is 2. The normalized spacial score (nSPS) is 11.3. The first-order valence-corrected chi connectivity index (χ1v) is 6.62. The number of hydrogen-bond acceptors (Lipinski definition) is 3. The Kier molecular flexibility index (Phi) is 2.41. The van der Waals surface area contributed by atoms with Gasteiger partial charge >= 0.3 is 0 Å². The fraction of sp³-hybridized carbons (Fsp3) is 0.0625. The Morgan fingerprint density at radius 1 is 1.19 bits per heavy atom. The summed E-state index contributed by atoms with van der Waals surface area (Å²) in [6.45, 7) is 0. The zero-order chi connectivity index (χ0) is 14.4. The van der Waals surface area contributed by atoms with Gasteiger partial charge in [0, 0.05) is 35.1 Å². The number of H-pyrrole nitrogens is 1. The third-order valence-electron chi connectivity index (χ3n) is 3.62. The van der Waals surface area contributed by atoms with Crippen molar-refractivity contribution in [2.75, 3.05) is 0 Å². The van der Waals surface area contributed by atoms with Gasteiger partial charge in [-0.2, -0.15) is 10.2 Å². The van der Waals surface area contributed by atoms with Gasteiger partial charge in [0.25, 0.3) is 0 Å². The van der Waals surface area contributed by atoms with Crippen LogP contribution >= 0.6 is 0 Å². The number of carbonyl (C=O) groups excluding carboxylic acids is 1. The molecule has 5 nitrogen and oxygen atoms in total.